The van der Waals surface area contributed by atoms with Crippen LogP contribution in [0, 0.1) is 0 Å². The van der Waals surface area contributed by atoms with Crippen molar-refractivity contribution in [2.45, 2.75) is 0 Å². The van der Waals surface area contributed by atoms with Gasteiger partial charge in [-0.25, -0.2) is 29.9 Å². The van der Waals surface area contributed by atoms with Crippen LogP contribution in [0.3, 0.4) is 0 Å². The molecule has 0 aliphatic heterocycles. The van der Waals surface area contributed by atoms with Crippen molar-refractivity contribution < 1.29 is 6.85 Å². The number of benzene rings is 19. The second kappa shape index (κ2) is 33.7. The minimum atomic E-state index is -0.457. The smallest absolute Gasteiger partial charge is 0.160 e. The molecule has 19 aromatic carbocycles. The van der Waals surface area contributed by atoms with Gasteiger partial charge in [0.2, 0.25) is 0 Å². The molecule has 670 valence electrons. The maximum atomic E-state index is 8.64. The SMILES string of the molecule is [2H]c1c([2H])c([2H])c(-c2nc(-c3ccc(-n4c5ccccc5c5c6c7ccccc7sc6c6ccccc6c54)cc3)nc3cccnc23)c([2H])c1[2H].c1ccc(-c2ccc(-c3nc(-c4ccc(-n5c6ccccc6c6c7c8ccccc8sc7c7ccccc7c65)cc4)nc4cccnc34)cc2)cc1.c1ccc(-c2nc(-c3ccc(-n4c5ccccc5c5c6c7ccccc7sc6c6ccccc6c54)cc3)nc3cccnc23)cc1. The second-order valence-corrected chi connectivity index (χ2v) is 39.2. The molecule has 15 heteroatoms. The summed E-state index contributed by atoms with van der Waals surface area (Å²) in [6.07, 6.45) is 5.19. The van der Waals surface area contributed by atoms with Gasteiger partial charge in [0.05, 0.1) is 56.5 Å². The van der Waals surface area contributed by atoms with Gasteiger partial charge in [-0.3, -0.25) is 15.0 Å². The molecule has 144 heavy (non-hydrogen) atoms. The minimum absolute atomic E-state index is 0.00519. The molecule has 0 atom stereocenters. The van der Waals surface area contributed by atoms with Gasteiger partial charge in [-0.2, -0.15) is 0 Å². The molecule has 0 unspecified atom stereocenters. The second-order valence-electron chi connectivity index (χ2n) is 36.0. The predicted octanol–water partition coefficient (Wildman–Crippen LogP) is 34.6. The first-order valence-corrected chi connectivity index (χ1v) is 50.2. The highest BCUT2D eigenvalue weighted by Crippen LogP contribution is 2.53. The first-order chi connectivity index (χ1) is 73.5. The van der Waals surface area contributed by atoms with Gasteiger partial charge in [-0.05, 0) is 157 Å². The molecular formula is C129H76N12S3. The summed E-state index contributed by atoms with van der Waals surface area (Å²) in [5.41, 5.74) is 23.2. The topological polar surface area (TPSA) is 131 Å². The molecule has 0 spiro atoms. The highest BCUT2D eigenvalue weighted by molar-refractivity contribution is 7.28. The molecule has 0 bridgehead atoms. The minimum Gasteiger partial charge on any atom is -0.309 e. The quantitative estimate of drug-likeness (QED) is 0.131. The van der Waals surface area contributed by atoms with Crippen LogP contribution in [-0.2, 0) is 0 Å². The predicted molar refractivity (Wildman–Crippen MR) is 604 cm³/mol. The molecule has 0 N–H and O–H groups in total. The summed E-state index contributed by atoms with van der Waals surface area (Å²) in [4.78, 5) is 43.6. The highest BCUT2D eigenvalue weighted by Gasteiger charge is 2.28. The lowest BCUT2D eigenvalue weighted by Crippen LogP contribution is -1.98. The van der Waals surface area contributed by atoms with Gasteiger partial charge in [-0.1, -0.05) is 297 Å². The summed E-state index contributed by atoms with van der Waals surface area (Å²) in [6, 6.07) is 143. The fourth-order valence-electron chi connectivity index (χ4n) is 21.7. The molecule has 0 saturated carbocycles. The maximum absolute atomic E-state index is 8.64. The van der Waals surface area contributed by atoms with Crippen LogP contribution in [-0.4, -0.2) is 58.6 Å². The Labute approximate surface area is 842 Å². The summed E-state index contributed by atoms with van der Waals surface area (Å²) in [5, 5.41) is 22.9. The zero-order valence-corrected chi connectivity index (χ0v) is 79.0. The number of rotatable bonds is 10. The Kier molecular flexibility index (Phi) is 18.1. The van der Waals surface area contributed by atoms with E-state index in [0.717, 1.165) is 94.9 Å². The molecular weight excluding hydrogens is 1810 g/mol. The molecule has 31 rings (SSSR count). The van der Waals surface area contributed by atoms with Gasteiger partial charge in [0, 0.05) is 194 Å². The van der Waals surface area contributed by atoms with E-state index in [1.54, 1.807) is 24.5 Å². The summed E-state index contributed by atoms with van der Waals surface area (Å²) in [7, 11) is 0. The van der Waals surface area contributed by atoms with E-state index in [1.165, 1.54) is 153 Å². The van der Waals surface area contributed by atoms with Crippen molar-refractivity contribution in [3.8, 4) is 96.1 Å². The normalized spacial score (nSPS) is 12.4. The van der Waals surface area contributed by atoms with Crippen molar-refractivity contribution in [3.63, 3.8) is 0 Å². The van der Waals surface area contributed by atoms with Crippen LogP contribution in [0.4, 0.5) is 0 Å². The van der Waals surface area contributed by atoms with Crippen LogP contribution in [0.25, 0.3) is 287 Å². The van der Waals surface area contributed by atoms with E-state index >= 15 is 0 Å². The Bertz CT molecular complexity index is 11000. The van der Waals surface area contributed by atoms with Gasteiger partial charge >= 0.3 is 0 Å². The Morgan fingerprint density at radius 3 is 0.806 bits per heavy atom. The standard InChI is InChI=1S/C47H28N4S.2C41H24N4S/c1-2-11-29(12-3-1)30-20-22-31(23-21-30)43-44-38(17-10-28-48-44)49-47(50-43)32-24-26-33(27-25-32)51-39-18-8-6-15-36(39)41-42-37-16-7-9-19-40(37)52-46(42)35-14-5-4-13-34(35)45(41)51;2*1-2-11-25(12-3-1)37-38-32(17-10-24-42-38)43-41(44-37)26-20-22-27(23-21-26)45-33-18-8-6-15-30(33)35-36-31-16-7-9-19-34(31)46-40(36)29-14-5-4-13-28(29)39(35)45/h1-28H;2*1-24H/i;1D,2D,3D,11D,12D;. The van der Waals surface area contributed by atoms with E-state index in [9.17, 15) is 0 Å². The van der Waals surface area contributed by atoms with Crippen molar-refractivity contribution in [3.05, 3.63) is 461 Å². The number of pyridine rings is 3. The van der Waals surface area contributed by atoms with Crippen LogP contribution in [0.15, 0.2) is 461 Å². The number of hydrogen-bond donors (Lipinski definition) is 0. The Morgan fingerprint density at radius 2 is 0.458 bits per heavy atom. The largest absolute Gasteiger partial charge is 0.309 e. The lowest BCUT2D eigenvalue weighted by atomic mass is 10.00. The van der Waals surface area contributed by atoms with Gasteiger partial charge in [0.1, 0.15) is 33.6 Å². The highest BCUT2D eigenvalue weighted by atomic mass is 32.1. The fraction of sp³-hybridized carbons (Fsp3) is 0. The number of thiophene rings is 3. The van der Waals surface area contributed by atoms with Crippen molar-refractivity contribution in [2.24, 2.45) is 0 Å². The summed E-state index contributed by atoms with van der Waals surface area (Å²) >= 11 is 5.63. The molecule has 12 heterocycles. The molecule has 0 fully saturated rings. The molecule has 0 saturated heterocycles. The third-order valence-corrected chi connectivity index (χ3v) is 31.6. The van der Waals surface area contributed by atoms with Crippen molar-refractivity contribution in [1.29, 1.82) is 0 Å². The average Bonchev–Trinajstić information content (AvgIpc) is 1.54. The van der Waals surface area contributed by atoms with Gasteiger partial charge in [-0.15, -0.1) is 34.0 Å². The van der Waals surface area contributed by atoms with Crippen molar-refractivity contribution >= 4 is 225 Å². The van der Waals surface area contributed by atoms with Gasteiger partial charge in [0.25, 0.3) is 0 Å². The molecule has 0 aliphatic carbocycles. The molecule has 31 aromatic rings. The number of hydrogen-bond acceptors (Lipinski definition) is 12. The van der Waals surface area contributed by atoms with Gasteiger partial charge in [0.15, 0.2) is 17.5 Å². The van der Waals surface area contributed by atoms with E-state index in [-0.39, 0.29) is 23.3 Å². The zero-order valence-electron chi connectivity index (χ0n) is 81.6. The number of para-hydroxylation sites is 3. The number of aromatic nitrogens is 12. The first-order valence-electron chi connectivity index (χ1n) is 50.3. The van der Waals surface area contributed by atoms with Crippen LogP contribution >= 0.6 is 34.0 Å². The first kappa shape index (κ1) is 77.4. The maximum Gasteiger partial charge on any atom is 0.160 e. The van der Waals surface area contributed by atoms with Crippen LogP contribution < -0.4 is 0 Å². The summed E-state index contributed by atoms with van der Waals surface area (Å²) < 4.78 is 57.0. The van der Waals surface area contributed by atoms with E-state index in [4.69, 9.17) is 41.7 Å². The Hall–Kier alpha value is -18.5. The van der Waals surface area contributed by atoms with Crippen LogP contribution in [0.2, 0.25) is 0 Å². The van der Waals surface area contributed by atoms with Crippen molar-refractivity contribution in [1.82, 2.24) is 58.6 Å². The molecule has 0 aliphatic rings. The van der Waals surface area contributed by atoms with E-state index < -0.39 is 18.1 Å². The fourth-order valence-corrected chi connectivity index (χ4v) is 25.5. The average molecular weight is 1900 g/mol. The Morgan fingerprint density at radius 1 is 0.194 bits per heavy atom. The van der Waals surface area contributed by atoms with Crippen LogP contribution in [0.5, 0.6) is 0 Å². The van der Waals surface area contributed by atoms with Gasteiger partial charge < -0.3 is 13.7 Å². The van der Waals surface area contributed by atoms with E-state index in [2.05, 4.69) is 363 Å². The number of nitrogens with zero attached hydrogens (tertiary/aromatic N) is 12. The zero-order chi connectivity index (χ0) is 98.9. The van der Waals surface area contributed by atoms with Crippen LogP contribution in [0.1, 0.15) is 6.85 Å². The van der Waals surface area contributed by atoms with E-state index in [1.807, 2.05) is 101 Å². The Balaban J connectivity index is 0.000000105. The van der Waals surface area contributed by atoms with E-state index in [0.29, 0.717) is 28.5 Å². The lowest BCUT2D eigenvalue weighted by Gasteiger charge is -2.12. The molecule has 0 radical (unpaired) electrons. The summed E-state index contributed by atoms with van der Waals surface area (Å²) in [6.45, 7) is 0. The molecule has 0 amide bonds. The van der Waals surface area contributed by atoms with Crippen molar-refractivity contribution in [2.75, 3.05) is 0 Å². The summed E-state index contributed by atoms with van der Waals surface area (Å²) in [5.74, 6) is 1.72. The third kappa shape index (κ3) is 13.3. The number of fused-ring (bicyclic) bond motifs is 33. The lowest BCUT2D eigenvalue weighted by molar-refractivity contribution is 1.18. The third-order valence-electron chi connectivity index (χ3n) is 28.0. The molecule has 12 aromatic heterocycles. The monoisotopic (exact) mass is 1890 g/mol. The molecule has 12 nitrogen and oxygen atoms in total.